The Morgan fingerprint density at radius 3 is 2.58 bits per heavy atom. The Morgan fingerprint density at radius 2 is 1.88 bits per heavy atom. The van der Waals surface area contributed by atoms with Gasteiger partial charge in [-0.1, -0.05) is 24.3 Å². The molecule has 1 aromatic heterocycles. The minimum Gasteiger partial charge on any atom is -0.481 e. The summed E-state index contributed by atoms with van der Waals surface area (Å²) in [7, 11) is 0. The molecule has 26 heavy (non-hydrogen) atoms. The molecule has 7 heteroatoms. The molecule has 0 atom stereocenters. The van der Waals surface area contributed by atoms with Crippen LogP contribution in [0.25, 0.3) is 21.9 Å². The summed E-state index contributed by atoms with van der Waals surface area (Å²) < 4.78 is 39.7. The van der Waals surface area contributed by atoms with Crippen LogP contribution in [-0.2, 0) is 11.0 Å². The zero-order chi connectivity index (χ0) is 18.7. The Bertz CT molecular complexity index is 943. The maximum Gasteiger partial charge on any atom is 0.416 e. The third-order valence-electron chi connectivity index (χ3n) is 3.73. The van der Waals surface area contributed by atoms with Crippen LogP contribution in [0.1, 0.15) is 29.0 Å². The topological polar surface area (TPSA) is 50.2 Å². The summed E-state index contributed by atoms with van der Waals surface area (Å²) in [6, 6.07) is 12.4. The fourth-order valence-corrected chi connectivity index (χ4v) is 3.51. The lowest BCUT2D eigenvalue weighted by molar-refractivity contribution is -0.138. The van der Waals surface area contributed by atoms with E-state index >= 15 is 0 Å². The van der Waals surface area contributed by atoms with Gasteiger partial charge in [0.05, 0.1) is 15.8 Å². The summed E-state index contributed by atoms with van der Waals surface area (Å²) in [4.78, 5) is 15.4. The summed E-state index contributed by atoms with van der Waals surface area (Å²) in [6.07, 6.45) is -2.79. The average Bonchev–Trinajstić information content (AvgIpc) is 3.02. The molecule has 0 aliphatic heterocycles. The number of alkyl halides is 3. The Balaban J connectivity index is 2.03. The Morgan fingerprint density at radius 1 is 1.12 bits per heavy atom. The highest BCUT2D eigenvalue weighted by Gasteiger charge is 2.30. The molecule has 1 N–H and O–H groups in total. The molecular weight excluding hydrogens is 363 g/mol. The standard InChI is InChI=1S/C19H14F3NO2S/c20-19(21,22)14-5-3-4-12(11-14)10-13(8-9-17(24)25)18-23-15-6-1-2-7-16(15)26-18/h1-7,10-11H,8-9H2,(H,24,25). The van der Waals surface area contributed by atoms with E-state index in [1.807, 2.05) is 24.3 Å². The van der Waals surface area contributed by atoms with Crippen molar-refractivity contribution in [1.82, 2.24) is 4.98 Å². The first-order chi connectivity index (χ1) is 12.3. The number of hydrogen-bond acceptors (Lipinski definition) is 3. The smallest absolute Gasteiger partial charge is 0.416 e. The minimum absolute atomic E-state index is 0.124. The van der Waals surface area contributed by atoms with Crippen LogP contribution < -0.4 is 0 Å². The van der Waals surface area contributed by atoms with Crippen LogP contribution in [0.3, 0.4) is 0 Å². The first kappa shape index (κ1) is 18.1. The quantitative estimate of drug-likeness (QED) is 0.619. The van der Waals surface area contributed by atoms with Crippen molar-refractivity contribution in [2.75, 3.05) is 0 Å². The second-order valence-corrected chi connectivity index (χ2v) is 6.70. The monoisotopic (exact) mass is 377 g/mol. The molecule has 2 aromatic carbocycles. The summed E-state index contributed by atoms with van der Waals surface area (Å²) in [5.74, 6) is -0.971. The molecule has 0 saturated carbocycles. The molecule has 3 nitrogen and oxygen atoms in total. The molecule has 0 unspecified atom stereocenters. The van der Waals surface area contributed by atoms with Gasteiger partial charge in [-0.2, -0.15) is 13.2 Å². The van der Waals surface area contributed by atoms with E-state index in [9.17, 15) is 18.0 Å². The van der Waals surface area contributed by atoms with E-state index in [2.05, 4.69) is 4.98 Å². The van der Waals surface area contributed by atoms with Gasteiger partial charge in [-0.25, -0.2) is 4.98 Å². The van der Waals surface area contributed by atoms with Crippen molar-refractivity contribution in [2.45, 2.75) is 19.0 Å². The zero-order valence-electron chi connectivity index (χ0n) is 13.5. The second kappa shape index (κ2) is 7.29. The number of allylic oxidation sites excluding steroid dienone is 1. The number of fused-ring (bicyclic) bond motifs is 1. The van der Waals surface area contributed by atoms with Crippen molar-refractivity contribution < 1.29 is 23.1 Å². The van der Waals surface area contributed by atoms with Crippen molar-refractivity contribution in [2.24, 2.45) is 0 Å². The summed E-state index contributed by atoms with van der Waals surface area (Å²) >= 11 is 1.39. The lowest BCUT2D eigenvalue weighted by atomic mass is 10.0. The van der Waals surface area contributed by atoms with Gasteiger partial charge < -0.3 is 5.11 Å². The van der Waals surface area contributed by atoms with Crippen LogP contribution in [0.5, 0.6) is 0 Å². The molecule has 0 aliphatic carbocycles. The SMILES string of the molecule is O=C(O)CCC(=Cc1cccc(C(F)(F)F)c1)c1nc2ccccc2s1. The second-order valence-electron chi connectivity index (χ2n) is 5.67. The highest BCUT2D eigenvalue weighted by molar-refractivity contribution is 7.19. The number of carbonyl (C=O) groups is 1. The Labute approximate surface area is 151 Å². The number of carboxylic acids is 1. The Kier molecular flexibility index (Phi) is 5.08. The van der Waals surface area contributed by atoms with E-state index in [0.717, 1.165) is 22.3 Å². The zero-order valence-corrected chi connectivity index (χ0v) is 14.3. The van der Waals surface area contributed by atoms with E-state index in [4.69, 9.17) is 5.11 Å². The lowest BCUT2D eigenvalue weighted by Gasteiger charge is -2.08. The predicted molar refractivity (Wildman–Crippen MR) is 95.8 cm³/mol. The average molecular weight is 377 g/mol. The van der Waals surface area contributed by atoms with Crippen LogP contribution in [0.4, 0.5) is 13.2 Å². The first-order valence-corrected chi connectivity index (χ1v) is 8.60. The van der Waals surface area contributed by atoms with Crippen LogP contribution >= 0.6 is 11.3 Å². The summed E-state index contributed by atoms with van der Waals surface area (Å²) in [5, 5.41) is 9.59. The maximum atomic E-state index is 12.9. The molecular formula is C19H14F3NO2S. The molecule has 3 rings (SSSR count). The summed E-state index contributed by atoms with van der Waals surface area (Å²) in [6.45, 7) is 0. The number of aliphatic carboxylic acids is 1. The number of nitrogens with zero attached hydrogens (tertiary/aromatic N) is 1. The van der Waals surface area contributed by atoms with Gasteiger partial charge in [-0.3, -0.25) is 4.79 Å². The highest BCUT2D eigenvalue weighted by Crippen LogP contribution is 2.33. The fourth-order valence-electron chi connectivity index (χ4n) is 2.50. The van der Waals surface area contributed by atoms with E-state index in [1.54, 1.807) is 12.1 Å². The predicted octanol–water partition coefficient (Wildman–Crippen LogP) is 5.72. The number of halogens is 3. The van der Waals surface area contributed by atoms with Crippen molar-refractivity contribution in [3.8, 4) is 0 Å². The molecule has 3 aromatic rings. The van der Waals surface area contributed by atoms with E-state index in [1.165, 1.54) is 17.4 Å². The summed E-state index contributed by atoms with van der Waals surface area (Å²) in [5.41, 5.74) is 0.998. The number of thiazole rings is 1. The van der Waals surface area contributed by atoms with Gasteiger partial charge in [0.25, 0.3) is 0 Å². The number of rotatable bonds is 5. The van der Waals surface area contributed by atoms with Crippen molar-refractivity contribution in [3.63, 3.8) is 0 Å². The Hall–Kier alpha value is -2.67. The first-order valence-electron chi connectivity index (χ1n) is 7.78. The third-order valence-corrected chi connectivity index (χ3v) is 4.84. The third kappa shape index (κ3) is 4.29. The molecule has 0 radical (unpaired) electrons. The molecule has 0 fully saturated rings. The molecule has 0 spiro atoms. The van der Waals surface area contributed by atoms with E-state index in [-0.39, 0.29) is 12.8 Å². The molecule has 1 heterocycles. The molecule has 0 amide bonds. The minimum atomic E-state index is -4.43. The molecule has 0 saturated heterocycles. The van der Waals surface area contributed by atoms with Crippen molar-refractivity contribution in [1.29, 1.82) is 0 Å². The molecule has 134 valence electrons. The number of benzene rings is 2. The van der Waals surface area contributed by atoms with E-state index < -0.39 is 17.7 Å². The van der Waals surface area contributed by atoms with Gasteiger partial charge in [-0.15, -0.1) is 11.3 Å². The van der Waals surface area contributed by atoms with Gasteiger partial charge in [0.1, 0.15) is 5.01 Å². The molecule has 0 bridgehead atoms. The number of aromatic nitrogens is 1. The van der Waals surface area contributed by atoms with Crippen LogP contribution in [-0.4, -0.2) is 16.1 Å². The van der Waals surface area contributed by atoms with E-state index in [0.29, 0.717) is 16.1 Å². The van der Waals surface area contributed by atoms with Gasteiger partial charge in [0, 0.05) is 6.42 Å². The van der Waals surface area contributed by atoms with Crippen LogP contribution in [0.2, 0.25) is 0 Å². The van der Waals surface area contributed by atoms with Gasteiger partial charge >= 0.3 is 12.1 Å². The number of para-hydroxylation sites is 1. The normalized spacial score (nSPS) is 12.5. The number of hydrogen-bond donors (Lipinski definition) is 1. The highest BCUT2D eigenvalue weighted by atomic mass is 32.1. The van der Waals surface area contributed by atoms with Crippen LogP contribution in [0, 0.1) is 0 Å². The maximum absolute atomic E-state index is 12.9. The van der Waals surface area contributed by atoms with Gasteiger partial charge in [0.15, 0.2) is 0 Å². The van der Waals surface area contributed by atoms with Crippen LogP contribution in [0.15, 0.2) is 48.5 Å². The molecule has 0 aliphatic rings. The van der Waals surface area contributed by atoms with Gasteiger partial charge in [-0.05, 0) is 47.9 Å². The number of carboxylic acid groups (broad SMARTS) is 1. The van der Waals surface area contributed by atoms with Crippen molar-refractivity contribution >= 4 is 39.2 Å². The largest absolute Gasteiger partial charge is 0.481 e. The van der Waals surface area contributed by atoms with Gasteiger partial charge in [0.2, 0.25) is 0 Å². The lowest BCUT2D eigenvalue weighted by Crippen LogP contribution is -2.04. The van der Waals surface area contributed by atoms with Crippen molar-refractivity contribution in [3.05, 3.63) is 64.7 Å². The fraction of sp³-hybridized carbons (Fsp3) is 0.158.